The Morgan fingerprint density at radius 3 is 2.00 bits per heavy atom. The number of nitrogens with one attached hydrogen (secondary N) is 1. The maximum atomic E-state index is 13.7. The van der Waals surface area contributed by atoms with Gasteiger partial charge in [0.15, 0.2) is 12.1 Å². The van der Waals surface area contributed by atoms with Gasteiger partial charge in [0.25, 0.3) is 5.91 Å². The number of amides is 1. The highest BCUT2D eigenvalue weighted by Crippen LogP contribution is 2.35. The van der Waals surface area contributed by atoms with Crippen molar-refractivity contribution in [3.05, 3.63) is 71.3 Å². The summed E-state index contributed by atoms with van der Waals surface area (Å²) in [5.74, 6) is -4.33. The van der Waals surface area contributed by atoms with Gasteiger partial charge < -0.3 is 10.4 Å². The van der Waals surface area contributed by atoms with Crippen molar-refractivity contribution in [3.63, 3.8) is 0 Å². The van der Waals surface area contributed by atoms with E-state index in [1.54, 1.807) is 6.07 Å². The van der Waals surface area contributed by atoms with Gasteiger partial charge in [-0.05, 0) is 17.7 Å². The number of hydrogen-bond acceptors (Lipinski definition) is 2. The minimum absolute atomic E-state index is 0.0462. The average Bonchev–Trinajstić information content (AvgIpc) is 2.52. The van der Waals surface area contributed by atoms with Crippen LogP contribution in [0.15, 0.2) is 48.5 Å². The summed E-state index contributed by atoms with van der Waals surface area (Å²) in [6.45, 7) is 0. The summed E-state index contributed by atoms with van der Waals surface area (Å²) in [6.07, 6.45) is -7.07. The van der Waals surface area contributed by atoms with Crippen LogP contribution in [0.1, 0.15) is 23.3 Å². The molecule has 2 N–H and O–H groups in total. The van der Waals surface area contributed by atoms with Crippen molar-refractivity contribution in [2.75, 3.05) is 0 Å². The van der Waals surface area contributed by atoms with Crippen LogP contribution < -0.4 is 5.32 Å². The van der Waals surface area contributed by atoms with E-state index in [-0.39, 0.29) is 5.56 Å². The lowest BCUT2D eigenvalue weighted by atomic mass is 10.0. The SMILES string of the molecule is O=C(NC(c1c(F)cccc1F)C(F)(F)F)C(O)c1ccccc1. The molecule has 2 unspecified atom stereocenters. The van der Waals surface area contributed by atoms with Gasteiger partial charge in [0.05, 0.1) is 5.56 Å². The van der Waals surface area contributed by atoms with Crippen LogP contribution in [0, 0.1) is 11.6 Å². The molecule has 0 radical (unpaired) electrons. The van der Waals surface area contributed by atoms with Crippen molar-refractivity contribution in [2.45, 2.75) is 18.3 Å². The number of hydrogen-bond donors (Lipinski definition) is 2. The third-order valence-electron chi connectivity index (χ3n) is 3.27. The lowest BCUT2D eigenvalue weighted by Crippen LogP contribution is -2.41. The highest BCUT2D eigenvalue weighted by atomic mass is 19.4. The molecule has 0 heterocycles. The van der Waals surface area contributed by atoms with Gasteiger partial charge in [-0.3, -0.25) is 4.79 Å². The van der Waals surface area contributed by atoms with Crippen molar-refractivity contribution in [1.82, 2.24) is 5.32 Å². The van der Waals surface area contributed by atoms with Gasteiger partial charge in [0, 0.05) is 0 Å². The third-order valence-corrected chi connectivity index (χ3v) is 3.27. The number of benzene rings is 2. The van der Waals surface area contributed by atoms with Gasteiger partial charge in [-0.15, -0.1) is 0 Å². The first-order valence-corrected chi connectivity index (χ1v) is 6.76. The lowest BCUT2D eigenvalue weighted by molar-refractivity contribution is -0.167. The number of aliphatic hydroxyl groups is 1. The van der Waals surface area contributed by atoms with Crippen LogP contribution in [0.25, 0.3) is 0 Å². The molecular formula is C16H12F5NO2. The van der Waals surface area contributed by atoms with Gasteiger partial charge in [0.1, 0.15) is 11.6 Å². The van der Waals surface area contributed by atoms with Crippen molar-refractivity contribution < 1.29 is 31.9 Å². The minimum Gasteiger partial charge on any atom is -0.378 e. The number of rotatable bonds is 4. The largest absolute Gasteiger partial charge is 0.413 e. The van der Waals surface area contributed by atoms with Crippen LogP contribution in [0.3, 0.4) is 0 Å². The quantitative estimate of drug-likeness (QED) is 0.835. The standard InChI is InChI=1S/C16H12F5NO2/c17-10-7-4-8-11(18)12(10)14(16(19,20)21)22-15(24)13(23)9-5-2-1-3-6-9/h1-8,13-14,23H,(H,22,24). The molecule has 8 heteroatoms. The molecule has 0 saturated carbocycles. The normalized spacial score (nSPS) is 14.1. The Balaban J connectivity index is 2.32. The third kappa shape index (κ3) is 3.88. The fraction of sp³-hybridized carbons (Fsp3) is 0.188. The molecule has 0 aromatic heterocycles. The van der Waals surface area contributed by atoms with E-state index in [0.29, 0.717) is 12.1 Å². The summed E-state index contributed by atoms with van der Waals surface area (Å²) in [5.41, 5.74) is -1.29. The molecule has 0 fully saturated rings. The van der Waals surface area contributed by atoms with Crippen LogP contribution in [0.5, 0.6) is 0 Å². The second-order valence-electron chi connectivity index (χ2n) is 4.93. The Hall–Kier alpha value is -2.48. The molecule has 2 rings (SSSR count). The average molecular weight is 345 g/mol. The summed E-state index contributed by atoms with van der Waals surface area (Å²) >= 11 is 0. The number of carbonyl (C=O) groups is 1. The topological polar surface area (TPSA) is 49.3 Å². The van der Waals surface area contributed by atoms with E-state index in [1.807, 2.05) is 0 Å². The first-order valence-electron chi connectivity index (χ1n) is 6.76. The monoisotopic (exact) mass is 345 g/mol. The molecule has 2 atom stereocenters. The Labute approximate surface area is 133 Å². The number of carbonyl (C=O) groups excluding carboxylic acids is 1. The Kier molecular flexibility index (Phi) is 5.18. The summed E-state index contributed by atoms with van der Waals surface area (Å²) in [6, 6.07) is 6.47. The van der Waals surface area contributed by atoms with Gasteiger partial charge in [-0.2, -0.15) is 13.2 Å². The molecule has 0 aliphatic rings. The molecule has 0 aliphatic carbocycles. The molecule has 3 nitrogen and oxygen atoms in total. The van der Waals surface area contributed by atoms with Gasteiger partial charge in [-0.1, -0.05) is 36.4 Å². The molecule has 1 amide bonds. The molecule has 24 heavy (non-hydrogen) atoms. The van der Waals surface area contributed by atoms with E-state index in [4.69, 9.17) is 0 Å². The van der Waals surface area contributed by atoms with E-state index in [0.717, 1.165) is 6.07 Å². The van der Waals surface area contributed by atoms with Crippen molar-refractivity contribution in [1.29, 1.82) is 0 Å². The smallest absolute Gasteiger partial charge is 0.378 e. The fourth-order valence-corrected chi connectivity index (χ4v) is 2.11. The zero-order valence-electron chi connectivity index (χ0n) is 12.0. The fourth-order valence-electron chi connectivity index (χ4n) is 2.11. The summed E-state index contributed by atoms with van der Waals surface area (Å²) in [5, 5.41) is 11.3. The number of aliphatic hydroxyl groups excluding tert-OH is 1. The Bertz CT molecular complexity index is 698. The molecule has 0 aliphatic heterocycles. The molecule has 2 aromatic carbocycles. The summed E-state index contributed by atoms with van der Waals surface area (Å²) in [7, 11) is 0. The first kappa shape index (κ1) is 17.9. The molecule has 0 spiro atoms. The second-order valence-corrected chi connectivity index (χ2v) is 4.93. The zero-order valence-corrected chi connectivity index (χ0v) is 12.0. The van der Waals surface area contributed by atoms with Crippen LogP contribution in [0.2, 0.25) is 0 Å². The highest BCUT2D eigenvalue weighted by molar-refractivity contribution is 5.82. The van der Waals surface area contributed by atoms with E-state index in [9.17, 15) is 31.9 Å². The Morgan fingerprint density at radius 2 is 1.50 bits per heavy atom. The van der Waals surface area contributed by atoms with Crippen molar-refractivity contribution in [2.24, 2.45) is 0 Å². The zero-order chi connectivity index (χ0) is 17.9. The Morgan fingerprint density at radius 1 is 0.958 bits per heavy atom. The van der Waals surface area contributed by atoms with Gasteiger partial charge >= 0.3 is 6.18 Å². The lowest BCUT2D eigenvalue weighted by Gasteiger charge is -2.24. The number of halogens is 5. The van der Waals surface area contributed by atoms with Crippen LogP contribution in [-0.2, 0) is 4.79 Å². The first-order chi connectivity index (χ1) is 11.2. The van der Waals surface area contributed by atoms with Crippen LogP contribution in [0.4, 0.5) is 22.0 Å². The van der Waals surface area contributed by atoms with Crippen molar-refractivity contribution >= 4 is 5.91 Å². The van der Waals surface area contributed by atoms with E-state index >= 15 is 0 Å². The maximum Gasteiger partial charge on any atom is 0.413 e. The second kappa shape index (κ2) is 6.96. The van der Waals surface area contributed by atoms with E-state index < -0.39 is 41.4 Å². The molecule has 0 saturated heterocycles. The van der Waals surface area contributed by atoms with E-state index in [1.165, 1.54) is 29.6 Å². The number of alkyl halides is 3. The molecule has 0 bridgehead atoms. The van der Waals surface area contributed by atoms with Gasteiger partial charge in [0.2, 0.25) is 0 Å². The molecular weight excluding hydrogens is 333 g/mol. The molecule has 2 aromatic rings. The summed E-state index contributed by atoms with van der Waals surface area (Å²) < 4.78 is 66.8. The maximum absolute atomic E-state index is 13.7. The van der Waals surface area contributed by atoms with E-state index in [2.05, 4.69) is 0 Å². The predicted octanol–water partition coefficient (Wildman–Crippen LogP) is 3.42. The van der Waals surface area contributed by atoms with Crippen LogP contribution in [-0.4, -0.2) is 17.2 Å². The van der Waals surface area contributed by atoms with Crippen LogP contribution >= 0.6 is 0 Å². The predicted molar refractivity (Wildman–Crippen MR) is 74.7 cm³/mol. The molecule has 128 valence electrons. The van der Waals surface area contributed by atoms with Crippen molar-refractivity contribution in [3.8, 4) is 0 Å². The summed E-state index contributed by atoms with van der Waals surface area (Å²) in [4.78, 5) is 11.9. The minimum atomic E-state index is -5.16. The highest BCUT2D eigenvalue weighted by Gasteiger charge is 2.45. The van der Waals surface area contributed by atoms with Gasteiger partial charge in [-0.25, -0.2) is 8.78 Å².